The second-order valence-electron chi connectivity index (χ2n) is 4.79. The van der Waals surface area contributed by atoms with Gasteiger partial charge in [-0.1, -0.05) is 22.9 Å². The summed E-state index contributed by atoms with van der Waals surface area (Å²) in [6.45, 7) is 5.09. The number of ether oxygens (including phenoxy) is 1. The Morgan fingerprint density at radius 3 is 3.00 bits per heavy atom. The van der Waals surface area contributed by atoms with E-state index in [9.17, 15) is 4.39 Å². The van der Waals surface area contributed by atoms with Gasteiger partial charge in [0.2, 0.25) is 0 Å². The fourth-order valence-corrected chi connectivity index (χ4v) is 3.14. The van der Waals surface area contributed by atoms with E-state index in [4.69, 9.17) is 10.5 Å². The highest BCUT2D eigenvalue weighted by Gasteiger charge is 2.33. The monoisotopic (exact) mass is 330 g/mol. The van der Waals surface area contributed by atoms with Gasteiger partial charge in [-0.05, 0) is 36.7 Å². The largest absolute Gasteiger partial charge is 0.374 e. The first-order valence-electron chi connectivity index (χ1n) is 6.68. The Labute approximate surface area is 122 Å². The Kier molecular flexibility index (Phi) is 5.33. The molecule has 1 aliphatic rings. The summed E-state index contributed by atoms with van der Waals surface area (Å²) in [4.78, 5) is 2.33. The highest BCUT2D eigenvalue weighted by atomic mass is 79.9. The maximum atomic E-state index is 13.5. The van der Waals surface area contributed by atoms with E-state index in [1.54, 1.807) is 12.1 Å². The van der Waals surface area contributed by atoms with E-state index in [1.807, 2.05) is 0 Å². The molecule has 106 valence electrons. The topological polar surface area (TPSA) is 38.5 Å². The van der Waals surface area contributed by atoms with E-state index in [1.165, 1.54) is 6.07 Å². The van der Waals surface area contributed by atoms with Crippen molar-refractivity contribution in [1.82, 2.24) is 4.90 Å². The molecule has 2 rings (SSSR count). The number of nitrogens with two attached hydrogens (primary N) is 1. The molecule has 2 unspecified atom stereocenters. The van der Waals surface area contributed by atoms with Crippen molar-refractivity contribution in [3.8, 4) is 0 Å². The molecule has 0 spiro atoms. The van der Waals surface area contributed by atoms with E-state index in [0.29, 0.717) is 13.2 Å². The molecule has 0 bridgehead atoms. The Morgan fingerprint density at radius 1 is 1.53 bits per heavy atom. The second kappa shape index (κ2) is 6.79. The van der Waals surface area contributed by atoms with Crippen molar-refractivity contribution >= 4 is 15.9 Å². The molecule has 3 nitrogen and oxygen atoms in total. The van der Waals surface area contributed by atoms with Gasteiger partial charge in [0.25, 0.3) is 0 Å². The van der Waals surface area contributed by atoms with Crippen LogP contribution in [-0.4, -0.2) is 37.2 Å². The van der Waals surface area contributed by atoms with Crippen LogP contribution >= 0.6 is 15.9 Å². The molecule has 0 aromatic heterocycles. The minimum atomic E-state index is -0.226. The fraction of sp³-hybridized carbons (Fsp3) is 0.571. The second-order valence-corrected chi connectivity index (χ2v) is 5.65. The van der Waals surface area contributed by atoms with E-state index in [2.05, 4.69) is 27.8 Å². The number of rotatable bonds is 4. The number of nitrogens with zero attached hydrogens (tertiary/aromatic N) is 1. The van der Waals surface area contributed by atoms with Crippen molar-refractivity contribution in [2.75, 3.05) is 26.2 Å². The van der Waals surface area contributed by atoms with Crippen LogP contribution in [0.1, 0.15) is 24.9 Å². The van der Waals surface area contributed by atoms with Gasteiger partial charge < -0.3 is 10.5 Å². The van der Waals surface area contributed by atoms with Crippen molar-refractivity contribution in [2.24, 2.45) is 5.73 Å². The maximum absolute atomic E-state index is 13.5. The molecule has 0 amide bonds. The first-order chi connectivity index (χ1) is 9.17. The summed E-state index contributed by atoms with van der Waals surface area (Å²) in [6.07, 6.45) is 0.971. The van der Waals surface area contributed by atoms with E-state index >= 15 is 0 Å². The number of hydrogen-bond acceptors (Lipinski definition) is 3. The molecule has 0 aliphatic carbocycles. The molecule has 0 saturated carbocycles. The van der Waals surface area contributed by atoms with Crippen molar-refractivity contribution < 1.29 is 9.13 Å². The highest BCUT2D eigenvalue weighted by Crippen LogP contribution is 2.34. The summed E-state index contributed by atoms with van der Waals surface area (Å²) in [6, 6.07) is 4.80. The lowest BCUT2D eigenvalue weighted by Gasteiger charge is -2.41. The van der Waals surface area contributed by atoms with Gasteiger partial charge in [0.05, 0.1) is 18.8 Å². The quantitative estimate of drug-likeness (QED) is 0.922. The van der Waals surface area contributed by atoms with E-state index in [0.717, 1.165) is 29.5 Å². The Hall–Kier alpha value is -0.490. The maximum Gasteiger partial charge on any atom is 0.123 e. The molecule has 1 saturated heterocycles. The summed E-state index contributed by atoms with van der Waals surface area (Å²) in [5.41, 5.74) is 6.74. The smallest absolute Gasteiger partial charge is 0.123 e. The molecule has 5 heteroatoms. The van der Waals surface area contributed by atoms with Crippen molar-refractivity contribution in [3.63, 3.8) is 0 Å². The van der Waals surface area contributed by atoms with Crippen LogP contribution in [0.2, 0.25) is 0 Å². The first kappa shape index (κ1) is 14.9. The van der Waals surface area contributed by atoms with Crippen molar-refractivity contribution in [2.45, 2.75) is 25.5 Å². The standard InChI is InChI=1S/C14H20BrFN2O/c1-2-5-18-6-7-19-13(9-17)14(18)11-8-10(16)3-4-12(11)15/h3-4,8,13-14H,2,5-7,9,17H2,1H3. The SMILES string of the molecule is CCCN1CCOC(CN)C1c1cc(F)ccc1Br. The molecule has 0 radical (unpaired) electrons. The van der Waals surface area contributed by atoms with Crippen LogP contribution in [0.4, 0.5) is 4.39 Å². The molecule has 1 aromatic carbocycles. The summed E-state index contributed by atoms with van der Waals surface area (Å²) < 4.78 is 20.2. The number of benzene rings is 1. The van der Waals surface area contributed by atoms with Gasteiger partial charge >= 0.3 is 0 Å². The Balaban J connectivity index is 2.36. The normalized spacial score (nSPS) is 24.6. The lowest BCUT2D eigenvalue weighted by atomic mass is 9.97. The van der Waals surface area contributed by atoms with Gasteiger partial charge in [-0.25, -0.2) is 4.39 Å². The van der Waals surface area contributed by atoms with Gasteiger partial charge in [0, 0.05) is 17.6 Å². The van der Waals surface area contributed by atoms with Gasteiger partial charge in [-0.3, -0.25) is 4.90 Å². The zero-order valence-electron chi connectivity index (χ0n) is 11.1. The minimum Gasteiger partial charge on any atom is -0.374 e. The molecule has 19 heavy (non-hydrogen) atoms. The van der Waals surface area contributed by atoms with E-state index < -0.39 is 0 Å². The third kappa shape index (κ3) is 3.34. The third-order valence-electron chi connectivity index (χ3n) is 3.48. The van der Waals surface area contributed by atoms with Gasteiger partial charge in [0.15, 0.2) is 0 Å². The van der Waals surface area contributed by atoms with Crippen molar-refractivity contribution in [1.29, 1.82) is 0 Å². The molecule has 2 atom stereocenters. The zero-order chi connectivity index (χ0) is 13.8. The number of hydrogen-bond donors (Lipinski definition) is 1. The zero-order valence-corrected chi connectivity index (χ0v) is 12.7. The molecule has 1 heterocycles. The predicted octanol–water partition coefficient (Wildman–Crippen LogP) is 2.70. The molecule has 1 aliphatic heterocycles. The van der Waals surface area contributed by atoms with Crippen LogP contribution in [0, 0.1) is 5.82 Å². The summed E-state index contributed by atoms with van der Waals surface area (Å²) >= 11 is 3.51. The summed E-state index contributed by atoms with van der Waals surface area (Å²) in [7, 11) is 0. The molecular weight excluding hydrogens is 311 g/mol. The van der Waals surface area contributed by atoms with Crippen LogP contribution in [0.15, 0.2) is 22.7 Å². The number of halogens is 2. The first-order valence-corrected chi connectivity index (χ1v) is 7.47. The van der Waals surface area contributed by atoms with Gasteiger partial charge in [-0.15, -0.1) is 0 Å². The van der Waals surface area contributed by atoms with Gasteiger partial charge in [-0.2, -0.15) is 0 Å². The summed E-state index contributed by atoms with van der Waals surface area (Å²) in [5.74, 6) is -0.226. The predicted molar refractivity (Wildman–Crippen MR) is 77.5 cm³/mol. The number of morpholine rings is 1. The highest BCUT2D eigenvalue weighted by molar-refractivity contribution is 9.10. The molecule has 1 aromatic rings. The van der Waals surface area contributed by atoms with Crippen LogP contribution in [0.25, 0.3) is 0 Å². The average molecular weight is 331 g/mol. The molecule has 2 N–H and O–H groups in total. The Bertz CT molecular complexity index is 428. The van der Waals surface area contributed by atoms with Gasteiger partial charge in [0.1, 0.15) is 5.82 Å². The lowest BCUT2D eigenvalue weighted by Crippen LogP contribution is -2.48. The fourth-order valence-electron chi connectivity index (χ4n) is 2.66. The van der Waals surface area contributed by atoms with Crippen LogP contribution < -0.4 is 5.73 Å². The lowest BCUT2D eigenvalue weighted by molar-refractivity contribution is -0.0679. The Morgan fingerprint density at radius 2 is 2.32 bits per heavy atom. The van der Waals surface area contributed by atoms with E-state index in [-0.39, 0.29) is 18.0 Å². The summed E-state index contributed by atoms with van der Waals surface area (Å²) in [5, 5.41) is 0. The van der Waals surface area contributed by atoms with Crippen LogP contribution in [-0.2, 0) is 4.74 Å². The third-order valence-corrected chi connectivity index (χ3v) is 4.20. The average Bonchev–Trinajstić information content (AvgIpc) is 2.42. The van der Waals surface area contributed by atoms with Crippen LogP contribution in [0.3, 0.4) is 0 Å². The molecule has 1 fully saturated rings. The van der Waals surface area contributed by atoms with Crippen LogP contribution in [0.5, 0.6) is 0 Å². The molecular formula is C14H20BrFN2O. The van der Waals surface area contributed by atoms with Crippen molar-refractivity contribution in [3.05, 3.63) is 34.1 Å². The minimum absolute atomic E-state index is 0.0174.